The predicted octanol–water partition coefficient (Wildman–Crippen LogP) is 1.40. The minimum atomic E-state index is -0.315. The van der Waals surface area contributed by atoms with Crippen molar-refractivity contribution in [2.24, 2.45) is 17.8 Å². The van der Waals surface area contributed by atoms with Crippen LogP contribution in [-0.2, 0) is 9.47 Å². The molecule has 0 amide bonds. The van der Waals surface area contributed by atoms with E-state index in [1.165, 1.54) is 0 Å². The van der Waals surface area contributed by atoms with Gasteiger partial charge in [0.15, 0.2) is 5.79 Å². The van der Waals surface area contributed by atoms with Crippen molar-refractivity contribution in [2.45, 2.75) is 32.5 Å². The smallest absolute Gasteiger partial charge is 0.169 e. The maximum Gasteiger partial charge on any atom is 0.169 e. The van der Waals surface area contributed by atoms with Crippen LogP contribution in [-0.4, -0.2) is 30.7 Å². The number of ether oxygens (including phenoxy) is 2. The van der Waals surface area contributed by atoms with Crippen molar-refractivity contribution < 1.29 is 14.6 Å². The Kier molecular flexibility index (Phi) is 2.82. The Morgan fingerprint density at radius 1 is 1.14 bits per heavy atom. The van der Waals surface area contributed by atoms with Gasteiger partial charge in [-0.3, -0.25) is 0 Å². The van der Waals surface area contributed by atoms with Crippen molar-refractivity contribution in [3.8, 4) is 0 Å². The third-order valence-electron chi connectivity index (χ3n) is 3.75. The SMILES string of the molecule is C[C@@H]1CC2(C[C@@H](C)C1CO)OCCO2. The number of rotatable bonds is 1. The van der Waals surface area contributed by atoms with Gasteiger partial charge in [0.1, 0.15) is 0 Å². The molecule has 3 nitrogen and oxygen atoms in total. The normalized spacial score (nSPS) is 41.8. The highest BCUT2D eigenvalue weighted by Crippen LogP contribution is 2.44. The van der Waals surface area contributed by atoms with Crippen molar-refractivity contribution in [3.05, 3.63) is 0 Å². The number of hydrogen-bond donors (Lipinski definition) is 1. The van der Waals surface area contributed by atoms with Gasteiger partial charge in [-0.2, -0.15) is 0 Å². The van der Waals surface area contributed by atoms with Crippen molar-refractivity contribution >= 4 is 0 Å². The molecule has 2 rings (SSSR count). The van der Waals surface area contributed by atoms with Crippen LogP contribution in [0.1, 0.15) is 26.7 Å². The standard InChI is InChI=1S/C11H20O3/c1-8-5-11(13-3-4-14-11)6-9(2)10(8)7-12/h8-10,12H,3-7H2,1-2H3/t8-,9-/m1/s1. The first kappa shape index (κ1) is 10.4. The van der Waals surface area contributed by atoms with Gasteiger partial charge >= 0.3 is 0 Å². The van der Waals surface area contributed by atoms with Gasteiger partial charge in [-0.25, -0.2) is 0 Å². The van der Waals surface area contributed by atoms with Crippen LogP contribution in [0.3, 0.4) is 0 Å². The number of aliphatic hydroxyl groups excluding tert-OH is 1. The van der Waals surface area contributed by atoms with E-state index in [1.54, 1.807) is 0 Å². The van der Waals surface area contributed by atoms with Gasteiger partial charge in [-0.1, -0.05) is 13.8 Å². The van der Waals surface area contributed by atoms with Gasteiger partial charge < -0.3 is 14.6 Å². The van der Waals surface area contributed by atoms with E-state index in [9.17, 15) is 5.11 Å². The van der Waals surface area contributed by atoms with Gasteiger partial charge in [0.2, 0.25) is 0 Å². The van der Waals surface area contributed by atoms with Gasteiger partial charge in [0, 0.05) is 19.4 Å². The molecule has 14 heavy (non-hydrogen) atoms. The van der Waals surface area contributed by atoms with Crippen molar-refractivity contribution in [1.82, 2.24) is 0 Å². The van der Waals surface area contributed by atoms with E-state index in [0.29, 0.717) is 24.4 Å². The lowest BCUT2D eigenvalue weighted by Gasteiger charge is -2.43. The fourth-order valence-electron chi connectivity index (χ4n) is 3.02. The van der Waals surface area contributed by atoms with Crippen LogP contribution in [0.25, 0.3) is 0 Å². The Bertz CT molecular complexity index is 185. The van der Waals surface area contributed by atoms with Crippen LogP contribution >= 0.6 is 0 Å². The van der Waals surface area contributed by atoms with E-state index in [0.717, 1.165) is 26.1 Å². The topological polar surface area (TPSA) is 38.7 Å². The molecule has 0 aromatic heterocycles. The van der Waals surface area contributed by atoms with Crippen molar-refractivity contribution in [2.75, 3.05) is 19.8 Å². The molecule has 1 aliphatic carbocycles. The van der Waals surface area contributed by atoms with Crippen LogP contribution in [0.2, 0.25) is 0 Å². The molecule has 1 saturated carbocycles. The summed E-state index contributed by atoms with van der Waals surface area (Å²) in [4.78, 5) is 0. The molecule has 0 unspecified atom stereocenters. The van der Waals surface area contributed by atoms with E-state index in [2.05, 4.69) is 13.8 Å². The molecule has 2 aliphatic rings. The first-order valence-electron chi connectivity index (χ1n) is 5.56. The monoisotopic (exact) mass is 200 g/mol. The highest BCUT2D eigenvalue weighted by molar-refractivity contribution is 4.89. The van der Waals surface area contributed by atoms with E-state index in [4.69, 9.17) is 9.47 Å². The number of hydrogen-bond acceptors (Lipinski definition) is 3. The molecule has 1 N–H and O–H groups in total. The van der Waals surface area contributed by atoms with E-state index in [-0.39, 0.29) is 5.79 Å². The largest absolute Gasteiger partial charge is 0.396 e. The minimum absolute atomic E-state index is 0.290. The molecule has 0 aromatic rings. The van der Waals surface area contributed by atoms with Gasteiger partial charge in [0.25, 0.3) is 0 Å². The molecule has 0 radical (unpaired) electrons. The lowest BCUT2D eigenvalue weighted by atomic mass is 9.71. The number of aliphatic hydroxyl groups is 1. The molecule has 1 aliphatic heterocycles. The summed E-state index contributed by atoms with van der Waals surface area (Å²) >= 11 is 0. The predicted molar refractivity (Wildman–Crippen MR) is 52.8 cm³/mol. The third-order valence-corrected chi connectivity index (χ3v) is 3.75. The van der Waals surface area contributed by atoms with Gasteiger partial charge in [-0.05, 0) is 17.8 Å². The Balaban J connectivity index is 2.06. The molecule has 0 aromatic carbocycles. The summed E-state index contributed by atoms with van der Waals surface area (Å²) < 4.78 is 11.4. The second-order valence-corrected chi connectivity index (χ2v) is 4.82. The van der Waals surface area contributed by atoms with Crippen LogP contribution in [0.15, 0.2) is 0 Å². The van der Waals surface area contributed by atoms with E-state index < -0.39 is 0 Å². The zero-order valence-corrected chi connectivity index (χ0v) is 9.03. The highest BCUT2D eigenvalue weighted by Gasteiger charge is 2.46. The quantitative estimate of drug-likeness (QED) is 0.695. The van der Waals surface area contributed by atoms with E-state index >= 15 is 0 Å². The summed E-state index contributed by atoms with van der Waals surface area (Å²) in [5.74, 6) is 1.07. The van der Waals surface area contributed by atoms with Gasteiger partial charge in [-0.15, -0.1) is 0 Å². The Labute approximate surface area is 85.4 Å². The molecule has 82 valence electrons. The molecule has 2 fully saturated rings. The zero-order valence-electron chi connectivity index (χ0n) is 9.03. The minimum Gasteiger partial charge on any atom is -0.396 e. The average Bonchev–Trinajstić information content (AvgIpc) is 2.52. The Morgan fingerprint density at radius 2 is 1.64 bits per heavy atom. The molecule has 0 bridgehead atoms. The molecular formula is C11H20O3. The van der Waals surface area contributed by atoms with Crippen molar-refractivity contribution in [3.63, 3.8) is 0 Å². The molecular weight excluding hydrogens is 180 g/mol. The molecule has 1 spiro atoms. The summed E-state index contributed by atoms with van der Waals surface area (Å²) in [7, 11) is 0. The molecule has 1 heterocycles. The molecule has 3 heteroatoms. The molecule has 1 saturated heterocycles. The highest BCUT2D eigenvalue weighted by atomic mass is 16.7. The summed E-state index contributed by atoms with van der Waals surface area (Å²) in [6.07, 6.45) is 1.87. The van der Waals surface area contributed by atoms with Gasteiger partial charge in [0.05, 0.1) is 13.2 Å². The zero-order chi connectivity index (χ0) is 10.2. The third kappa shape index (κ3) is 1.69. The first-order valence-corrected chi connectivity index (χ1v) is 5.56. The maximum atomic E-state index is 9.28. The second-order valence-electron chi connectivity index (χ2n) is 4.82. The van der Waals surface area contributed by atoms with Crippen LogP contribution in [0.4, 0.5) is 0 Å². The Morgan fingerprint density at radius 3 is 2.07 bits per heavy atom. The summed E-state index contributed by atoms with van der Waals surface area (Å²) in [5, 5.41) is 9.28. The fraction of sp³-hybridized carbons (Fsp3) is 1.00. The summed E-state index contributed by atoms with van der Waals surface area (Å²) in [6.45, 7) is 6.11. The lowest BCUT2D eigenvalue weighted by molar-refractivity contribution is -0.207. The maximum absolute atomic E-state index is 9.28. The summed E-state index contributed by atoms with van der Waals surface area (Å²) in [5.41, 5.74) is 0. The van der Waals surface area contributed by atoms with Crippen LogP contribution in [0, 0.1) is 17.8 Å². The summed E-state index contributed by atoms with van der Waals surface area (Å²) in [6, 6.07) is 0. The van der Waals surface area contributed by atoms with Crippen molar-refractivity contribution in [1.29, 1.82) is 0 Å². The second kappa shape index (κ2) is 3.80. The first-order chi connectivity index (χ1) is 6.67. The van der Waals surface area contributed by atoms with E-state index in [1.807, 2.05) is 0 Å². The lowest BCUT2D eigenvalue weighted by Crippen LogP contribution is -2.44. The molecule has 2 atom stereocenters. The van der Waals surface area contributed by atoms with Crippen LogP contribution < -0.4 is 0 Å². The van der Waals surface area contributed by atoms with Crippen LogP contribution in [0.5, 0.6) is 0 Å². The Hall–Kier alpha value is -0.120. The fourth-order valence-corrected chi connectivity index (χ4v) is 3.02. The average molecular weight is 200 g/mol.